The van der Waals surface area contributed by atoms with E-state index >= 15 is 0 Å². The molecule has 1 aliphatic carbocycles. The fourth-order valence-corrected chi connectivity index (χ4v) is 3.47. The fraction of sp³-hybridized carbons (Fsp3) is 0.846. The van der Waals surface area contributed by atoms with E-state index < -0.39 is 5.97 Å². The summed E-state index contributed by atoms with van der Waals surface area (Å²) in [5.74, 6) is -0.0122. The molecule has 1 saturated carbocycles. The number of aliphatic carboxylic acids is 1. The number of nitrogens with one attached hydrogen (secondary N) is 2. The minimum Gasteiger partial charge on any atom is -0.481 e. The van der Waals surface area contributed by atoms with E-state index in [1.54, 1.807) is 11.8 Å². The Labute approximate surface area is 117 Å². The first-order chi connectivity index (χ1) is 9.15. The lowest BCUT2D eigenvalue weighted by Gasteiger charge is -2.22. The summed E-state index contributed by atoms with van der Waals surface area (Å²) in [6, 6.07) is -0.168. The summed E-state index contributed by atoms with van der Waals surface area (Å²) < 4.78 is 0. The highest BCUT2D eigenvalue weighted by atomic mass is 32.2. The van der Waals surface area contributed by atoms with Crippen LogP contribution in [0.4, 0.5) is 0 Å². The predicted octanol–water partition coefficient (Wildman–Crippen LogP) is 0.841. The molecule has 108 valence electrons. The van der Waals surface area contributed by atoms with E-state index in [9.17, 15) is 9.59 Å². The van der Waals surface area contributed by atoms with Crippen LogP contribution in [-0.2, 0) is 9.59 Å². The van der Waals surface area contributed by atoms with Crippen molar-refractivity contribution in [2.45, 2.75) is 43.4 Å². The largest absolute Gasteiger partial charge is 0.481 e. The molecule has 0 aromatic rings. The van der Waals surface area contributed by atoms with Crippen LogP contribution in [-0.4, -0.2) is 47.1 Å². The van der Waals surface area contributed by atoms with E-state index in [2.05, 4.69) is 10.6 Å². The molecule has 0 radical (unpaired) electrons. The van der Waals surface area contributed by atoms with Gasteiger partial charge < -0.3 is 15.7 Å². The van der Waals surface area contributed by atoms with Crippen LogP contribution in [0.5, 0.6) is 0 Å². The Hall–Kier alpha value is -0.750. The summed E-state index contributed by atoms with van der Waals surface area (Å²) in [6.07, 6.45) is 4.35. The molecule has 2 aliphatic rings. The molecule has 0 aromatic heterocycles. The molecule has 19 heavy (non-hydrogen) atoms. The van der Waals surface area contributed by atoms with Crippen molar-refractivity contribution >= 4 is 23.6 Å². The molecule has 0 spiro atoms. The van der Waals surface area contributed by atoms with Crippen LogP contribution < -0.4 is 10.6 Å². The third-order valence-electron chi connectivity index (χ3n) is 3.67. The lowest BCUT2D eigenvalue weighted by atomic mass is 10.1. The van der Waals surface area contributed by atoms with Crippen LogP contribution in [0.25, 0.3) is 0 Å². The third kappa shape index (κ3) is 5.40. The van der Waals surface area contributed by atoms with Gasteiger partial charge in [0.05, 0.1) is 12.2 Å². The Bertz CT molecular complexity index is 328. The number of thioether (sulfide) groups is 1. The van der Waals surface area contributed by atoms with Gasteiger partial charge in [0.15, 0.2) is 0 Å². The van der Waals surface area contributed by atoms with E-state index in [0.717, 1.165) is 38.8 Å². The van der Waals surface area contributed by atoms with Crippen molar-refractivity contribution in [3.8, 4) is 0 Å². The number of carboxylic acids is 1. The number of hydrogen-bond donors (Lipinski definition) is 3. The average Bonchev–Trinajstić information content (AvgIpc) is 3.20. The van der Waals surface area contributed by atoms with Gasteiger partial charge in [-0.15, -0.1) is 11.8 Å². The highest BCUT2D eigenvalue weighted by Gasteiger charge is 2.33. The van der Waals surface area contributed by atoms with Gasteiger partial charge >= 0.3 is 5.97 Å². The molecule has 2 fully saturated rings. The Morgan fingerprint density at radius 3 is 2.53 bits per heavy atom. The van der Waals surface area contributed by atoms with Crippen LogP contribution in [0.2, 0.25) is 0 Å². The second kappa shape index (κ2) is 7.14. The quantitative estimate of drug-likeness (QED) is 0.646. The molecule has 1 saturated heterocycles. The summed E-state index contributed by atoms with van der Waals surface area (Å²) in [7, 11) is 0. The van der Waals surface area contributed by atoms with Crippen molar-refractivity contribution in [1.29, 1.82) is 0 Å². The number of carbonyl (C=O) groups excluding carboxylic acids is 1. The van der Waals surface area contributed by atoms with Crippen LogP contribution in [0.3, 0.4) is 0 Å². The first kappa shape index (κ1) is 14.7. The Balaban J connectivity index is 1.68. The van der Waals surface area contributed by atoms with Crippen molar-refractivity contribution in [3.05, 3.63) is 0 Å². The monoisotopic (exact) mass is 286 g/mol. The van der Waals surface area contributed by atoms with Crippen molar-refractivity contribution < 1.29 is 14.7 Å². The second-order valence-electron chi connectivity index (χ2n) is 5.37. The predicted molar refractivity (Wildman–Crippen MR) is 75.3 cm³/mol. The average molecular weight is 286 g/mol. The maximum atomic E-state index is 11.9. The molecule has 1 amide bonds. The smallest absolute Gasteiger partial charge is 0.305 e. The van der Waals surface area contributed by atoms with Crippen molar-refractivity contribution in [2.24, 2.45) is 5.92 Å². The Kier molecular flexibility index (Phi) is 5.51. The first-order valence-corrected chi connectivity index (χ1v) is 8.03. The van der Waals surface area contributed by atoms with Gasteiger partial charge in [-0.2, -0.15) is 0 Å². The van der Waals surface area contributed by atoms with E-state index in [1.165, 1.54) is 0 Å². The zero-order chi connectivity index (χ0) is 13.7. The molecule has 5 nitrogen and oxygen atoms in total. The standard InChI is InChI=1S/C13H22N2O3S/c16-12(8-19-10-3-5-14-6-4-10)15-11(7-13(17)18)9-1-2-9/h9-11,14H,1-8H2,(H,15,16)(H,17,18). The number of piperidine rings is 1. The molecular weight excluding hydrogens is 264 g/mol. The van der Waals surface area contributed by atoms with Gasteiger partial charge in [0.2, 0.25) is 5.91 Å². The normalized spacial score (nSPS) is 21.9. The molecule has 6 heteroatoms. The number of carbonyl (C=O) groups is 2. The van der Waals surface area contributed by atoms with E-state index in [0.29, 0.717) is 16.9 Å². The zero-order valence-electron chi connectivity index (χ0n) is 11.1. The molecular formula is C13H22N2O3S. The summed E-state index contributed by atoms with van der Waals surface area (Å²) in [5, 5.41) is 15.6. The number of rotatable bonds is 7. The molecule has 2 rings (SSSR count). The topological polar surface area (TPSA) is 78.4 Å². The number of hydrogen-bond acceptors (Lipinski definition) is 4. The van der Waals surface area contributed by atoms with Crippen LogP contribution >= 0.6 is 11.8 Å². The summed E-state index contributed by atoms with van der Waals surface area (Å²) in [5.41, 5.74) is 0. The van der Waals surface area contributed by atoms with Crippen molar-refractivity contribution in [1.82, 2.24) is 10.6 Å². The zero-order valence-corrected chi connectivity index (χ0v) is 11.9. The molecule has 3 N–H and O–H groups in total. The highest BCUT2D eigenvalue weighted by molar-refractivity contribution is 8.00. The Morgan fingerprint density at radius 1 is 1.26 bits per heavy atom. The second-order valence-corrected chi connectivity index (χ2v) is 6.66. The van der Waals surface area contributed by atoms with Gasteiger partial charge in [-0.25, -0.2) is 0 Å². The van der Waals surface area contributed by atoms with Gasteiger partial charge in [0, 0.05) is 11.3 Å². The lowest BCUT2D eigenvalue weighted by Crippen LogP contribution is -2.39. The van der Waals surface area contributed by atoms with Gasteiger partial charge in [-0.05, 0) is 44.7 Å². The van der Waals surface area contributed by atoms with Crippen molar-refractivity contribution in [2.75, 3.05) is 18.8 Å². The van der Waals surface area contributed by atoms with Gasteiger partial charge in [-0.3, -0.25) is 9.59 Å². The summed E-state index contributed by atoms with van der Waals surface area (Å²) in [4.78, 5) is 22.6. The maximum Gasteiger partial charge on any atom is 0.305 e. The minimum atomic E-state index is -0.830. The van der Waals surface area contributed by atoms with Crippen molar-refractivity contribution in [3.63, 3.8) is 0 Å². The van der Waals surface area contributed by atoms with Crippen LogP contribution in [0.15, 0.2) is 0 Å². The molecule has 1 unspecified atom stereocenters. The maximum absolute atomic E-state index is 11.9. The van der Waals surface area contributed by atoms with Crippen LogP contribution in [0, 0.1) is 5.92 Å². The van der Waals surface area contributed by atoms with Gasteiger partial charge in [0.1, 0.15) is 0 Å². The number of carboxylic acid groups (broad SMARTS) is 1. The Morgan fingerprint density at radius 2 is 1.95 bits per heavy atom. The fourth-order valence-electron chi connectivity index (χ4n) is 2.43. The molecule has 1 atom stereocenters. The molecule has 0 bridgehead atoms. The van der Waals surface area contributed by atoms with Gasteiger partial charge in [0.25, 0.3) is 0 Å². The molecule has 0 aromatic carbocycles. The first-order valence-electron chi connectivity index (χ1n) is 6.98. The summed E-state index contributed by atoms with van der Waals surface area (Å²) >= 11 is 1.70. The van der Waals surface area contributed by atoms with Crippen LogP contribution in [0.1, 0.15) is 32.1 Å². The SMILES string of the molecule is O=C(O)CC(NC(=O)CSC1CCNCC1)C1CC1. The molecule has 1 aliphatic heterocycles. The third-order valence-corrected chi connectivity index (χ3v) is 5.04. The summed E-state index contributed by atoms with van der Waals surface area (Å²) in [6.45, 7) is 2.06. The molecule has 1 heterocycles. The van der Waals surface area contributed by atoms with E-state index in [1.807, 2.05) is 0 Å². The highest BCUT2D eigenvalue weighted by Crippen LogP contribution is 2.34. The number of amides is 1. The minimum absolute atomic E-state index is 0.0123. The van der Waals surface area contributed by atoms with E-state index in [4.69, 9.17) is 5.11 Å². The van der Waals surface area contributed by atoms with E-state index in [-0.39, 0.29) is 18.4 Å². The lowest BCUT2D eigenvalue weighted by molar-refractivity contribution is -0.137. The van der Waals surface area contributed by atoms with Gasteiger partial charge in [-0.1, -0.05) is 0 Å².